The number of hydrogen-bond donors (Lipinski definition) is 0. The number of imidazole rings is 1. The van der Waals surface area contributed by atoms with Crippen LogP contribution in [-0.2, 0) is 19.5 Å². The van der Waals surface area contributed by atoms with E-state index in [9.17, 15) is 14.5 Å². The van der Waals surface area contributed by atoms with Gasteiger partial charge in [0.2, 0.25) is 0 Å². The number of ether oxygens (including phenoxy) is 1. The molecule has 0 saturated heterocycles. The molecule has 0 spiro atoms. The van der Waals surface area contributed by atoms with Gasteiger partial charge in [-0.2, -0.15) is 0 Å². The number of halogens is 2. The molecule has 5 rings (SSSR count). The fourth-order valence-electron chi connectivity index (χ4n) is 4.30. The first-order valence-electron chi connectivity index (χ1n) is 9.87. The third-order valence-electron chi connectivity index (χ3n) is 5.67. The lowest BCUT2D eigenvalue weighted by molar-refractivity contribution is -0.389. The van der Waals surface area contributed by atoms with Crippen LogP contribution in [0.2, 0.25) is 5.02 Å². The molecule has 0 N–H and O–H groups in total. The Morgan fingerprint density at radius 3 is 2.94 bits per heavy atom. The van der Waals surface area contributed by atoms with E-state index in [1.807, 2.05) is 19.1 Å². The smallest absolute Gasteiger partial charge is 0.415 e. The third kappa shape index (κ3) is 3.64. The minimum atomic E-state index is -0.524. The van der Waals surface area contributed by atoms with E-state index in [1.54, 1.807) is 16.7 Å². The normalized spacial score (nSPS) is 20.2. The highest BCUT2D eigenvalue weighted by atomic mass is 35.5. The average molecular weight is 444 g/mol. The van der Waals surface area contributed by atoms with Crippen LogP contribution in [0.3, 0.4) is 0 Å². The molecule has 0 saturated carbocycles. The van der Waals surface area contributed by atoms with Gasteiger partial charge in [-0.05, 0) is 35.6 Å². The molecule has 0 amide bonds. The van der Waals surface area contributed by atoms with Crippen LogP contribution >= 0.6 is 11.6 Å². The lowest BCUT2D eigenvalue weighted by Gasteiger charge is -2.34. The van der Waals surface area contributed by atoms with Crippen molar-refractivity contribution in [2.24, 2.45) is 0 Å². The van der Waals surface area contributed by atoms with E-state index in [0.29, 0.717) is 30.9 Å². The van der Waals surface area contributed by atoms with Gasteiger partial charge in [-0.3, -0.25) is 14.5 Å². The molecule has 0 fully saturated rings. The Labute approximate surface area is 182 Å². The van der Waals surface area contributed by atoms with E-state index in [-0.39, 0.29) is 16.9 Å². The van der Waals surface area contributed by atoms with Crippen molar-refractivity contribution in [3.05, 3.63) is 68.7 Å². The summed E-state index contributed by atoms with van der Waals surface area (Å²) < 4.78 is 22.0. The minimum absolute atomic E-state index is 0.0818. The maximum absolute atomic E-state index is 14.4. The Bertz CT molecular complexity index is 1170. The molecule has 160 valence electrons. The van der Waals surface area contributed by atoms with Crippen molar-refractivity contribution in [1.29, 1.82) is 0 Å². The summed E-state index contributed by atoms with van der Waals surface area (Å²) in [4.78, 5) is 21.3. The van der Waals surface area contributed by atoms with E-state index in [0.717, 1.165) is 24.2 Å². The van der Waals surface area contributed by atoms with Crippen molar-refractivity contribution in [3.8, 4) is 17.3 Å². The van der Waals surface area contributed by atoms with E-state index in [4.69, 9.17) is 16.3 Å². The summed E-state index contributed by atoms with van der Waals surface area (Å²) in [6.45, 7) is 4.60. The van der Waals surface area contributed by atoms with E-state index in [2.05, 4.69) is 14.9 Å². The van der Waals surface area contributed by atoms with Crippen molar-refractivity contribution in [1.82, 2.24) is 19.4 Å². The van der Waals surface area contributed by atoms with Gasteiger partial charge >= 0.3 is 11.8 Å². The van der Waals surface area contributed by atoms with Gasteiger partial charge in [-0.1, -0.05) is 23.7 Å². The maximum atomic E-state index is 14.4. The van der Waals surface area contributed by atoms with Crippen LogP contribution in [0.4, 0.5) is 10.2 Å². The second-order valence-electron chi connectivity index (χ2n) is 8.18. The topological polar surface area (TPSA) is 86.3 Å². The summed E-state index contributed by atoms with van der Waals surface area (Å²) in [5.41, 5.74) is 2.49. The lowest BCUT2D eigenvalue weighted by atomic mass is 10.00. The van der Waals surface area contributed by atoms with Crippen LogP contribution in [0, 0.1) is 15.9 Å². The molecule has 0 aliphatic carbocycles. The van der Waals surface area contributed by atoms with Crippen LogP contribution in [-0.4, -0.2) is 43.0 Å². The van der Waals surface area contributed by atoms with Crippen LogP contribution in [0.15, 0.2) is 36.5 Å². The zero-order chi connectivity index (χ0) is 21.8. The molecule has 3 aromatic rings. The molecule has 2 aromatic heterocycles. The van der Waals surface area contributed by atoms with Crippen LogP contribution in [0.5, 0.6) is 6.01 Å². The molecule has 0 bridgehead atoms. The number of nitro groups is 1. The first-order valence-corrected chi connectivity index (χ1v) is 10.3. The van der Waals surface area contributed by atoms with E-state index >= 15 is 0 Å². The zero-order valence-electron chi connectivity index (χ0n) is 16.7. The molecule has 8 nitrogen and oxygen atoms in total. The van der Waals surface area contributed by atoms with Crippen LogP contribution in [0.25, 0.3) is 11.3 Å². The molecule has 0 unspecified atom stereocenters. The highest BCUT2D eigenvalue weighted by Crippen LogP contribution is 2.33. The van der Waals surface area contributed by atoms with Gasteiger partial charge in [-0.15, -0.1) is 0 Å². The fraction of sp³-hybridized carbons (Fsp3) is 0.333. The van der Waals surface area contributed by atoms with Gasteiger partial charge < -0.3 is 14.9 Å². The van der Waals surface area contributed by atoms with Crippen LogP contribution in [0.1, 0.15) is 18.2 Å². The number of rotatable bonds is 4. The summed E-state index contributed by atoms with van der Waals surface area (Å²) in [5, 5.41) is 11.0. The van der Waals surface area contributed by atoms with Crippen molar-refractivity contribution >= 4 is 17.4 Å². The SMILES string of the molecule is C[C@]1(CN2CCc3nc(-c4cccc(Cl)c4F)ccc3C2)Cn2cc([N+](=O)[O-])nc2O1. The molecule has 10 heteroatoms. The molecular formula is C21H19ClFN5O3. The number of benzene rings is 1. The standard InChI is InChI=1S/C21H19ClFN5O3/c1-21(12-27-10-18(28(29)30)25-20(27)31-21)11-26-8-7-16-13(9-26)5-6-17(24-16)14-3-2-4-15(22)19(14)23/h2-6,10H,7-9,11-12H2,1H3/t21-/m0/s1. The molecule has 2 aliphatic rings. The van der Waals surface area contributed by atoms with Crippen LogP contribution < -0.4 is 4.74 Å². The third-order valence-corrected chi connectivity index (χ3v) is 5.96. The van der Waals surface area contributed by atoms with Gasteiger partial charge in [0, 0.05) is 42.3 Å². The highest BCUT2D eigenvalue weighted by molar-refractivity contribution is 6.31. The van der Waals surface area contributed by atoms with Gasteiger partial charge in [-0.25, -0.2) is 4.39 Å². The highest BCUT2D eigenvalue weighted by Gasteiger charge is 2.41. The number of hydrogen-bond acceptors (Lipinski definition) is 6. The largest absolute Gasteiger partial charge is 0.436 e. The van der Waals surface area contributed by atoms with Gasteiger partial charge in [0.15, 0.2) is 5.82 Å². The Morgan fingerprint density at radius 1 is 1.32 bits per heavy atom. The van der Waals surface area contributed by atoms with Gasteiger partial charge in [0.1, 0.15) is 11.8 Å². The molecule has 2 aliphatic heterocycles. The quantitative estimate of drug-likeness (QED) is 0.449. The number of fused-ring (bicyclic) bond motifs is 2. The van der Waals surface area contributed by atoms with Crippen molar-refractivity contribution in [3.63, 3.8) is 0 Å². The Balaban J connectivity index is 1.30. The Hall–Kier alpha value is -3.04. The predicted octanol–water partition coefficient (Wildman–Crippen LogP) is 3.86. The zero-order valence-corrected chi connectivity index (χ0v) is 17.5. The second kappa shape index (κ2) is 7.28. The summed E-state index contributed by atoms with van der Waals surface area (Å²) >= 11 is 5.91. The summed E-state index contributed by atoms with van der Waals surface area (Å²) in [5.74, 6) is -0.667. The molecular weight excluding hydrogens is 425 g/mol. The first-order chi connectivity index (χ1) is 14.8. The predicted molar refractivity (Wildman–Crippen MR) is 112 cm³/mol. The maximum Gasteiger partial charge on any atom is 0.415 e. The lowest BCUT2D eigenvalue weighted by Crippen LogP contribution is -2.46. The minimum Gasteiger partial charge on any atom is -0.436 e. The molecule has 31 heavy (non-hydrogen) atoms. The molecule has 1 aromatic carbocycles. The number of aromatic nitrogens is 3. The van der Waals surface area contributed by atoms with Crippen molar-refractivity contribution in [2.45, 2.75) is 32.0 Å². The number of pyridine rings is 1. The number of nitrogens with zero attached hydrogens (tertiary/aromatic N) is 5. The van der Waals surface area contributed by atoms with E-state index < -0.39 is 16.3 Å². The van der Waals surface area contributed by atoms with Crippen molar-refractivity contribution in [2.75, 3.05) is 13.1 Å². The fourth-order valence-corrected chi connectivity index (χ4v) is 4.47. The summed E-state index contributed by atoms with van der Waals surface area (Å²) in [6.07, 6.45) is 2.14. The second-order valence-corrected chi connectivity index (χ2v) is 8.59. The van der Waals surface area contributed by atoms with E-state index in [1.165, 1.54) is 12.3 Å². The molecule has 0 radical (unpaired) electrons. The van der Waals surface area contributed by atoms with Gasteiger partial charge in [0.25, 0.3) is 0 Å². The first kappa shape index (κ1) is 19.9. The Kier molecular flexibility index (Phi) is 4.67. The van der Waals surface area contributed by atoms with Crippen molar-refractivity contribution < 1.29 is 14.1 Å². The monoisotopic (exact) mass is 443 g/mol. The Morgan fingerprint density at radius 2 is 2.16 bits per heavy atom. The summed E-state index contributed by atoms with van der Waals surface area (Å²) in [7, 11) is 0. The van der Waals surface area contributed by atoms with Gasteiger partial charge in [0.05, 0.1) is 17.3 Å². The molecule has 4 heterocycles. The summed E-state index contributed by atoms with van der Waals surface area (Å²) in [6, 6.07) is 8.99. The average Bonchev–Trinajstić information content (AvgIpc) is 3.25. The molecule has 1 atom stereocenters.